The number of ether oxygens (including phenoxy) is 1. The van der Waals surface area contributed by atoms with Crippen molar-refractivity contribution in [1.29, 1.82) is 0 Å². The maximum atomic E-state index is 12.7. The topological polar surface area (TPSA) is 103 Å². The summed E-state index contributed by atoms with van der Waals surface area (Å²) in [6.07, 6.45) is 1.47. The Morgan fingerprint density at radius 2 is 1.88 bits per heavy atom. The molecule has 8 nitrogen and oxygen atoms in total. The molecule has 33 heavy (non-hydrogen) atoms. The highest BCUT2D eigenvalue weighted by atomic mass is 32.2. The minimum atomic E-state index is -0.464. The molecule has 2 amide bonds. The largest absolute Gasteiger partial charge is 0.492 e. The Morgan fingerprint density at radius 3 is 2.64 bits per heavy atom. The van der Waals surface area contributed by atoms with E-state index in [1.165, 1.54) is 12.1 Å². The molecule has 168 valence electrons. The first-order valence-electron chi connectivity index (χ1n) is 10.1. The summed E-state index contributed by atoms with van der Waals surface area (Å²) >= 11 is 0.815. The van der Waals surface area contributed by atoms with Crippen LogP contribution < -0.4 is 4.74 Å². The molecule has 0 aliphatic carbocycles. The zero-order valence-electron chi connectivity index (χ0n) is 17.9. The normalized spacial score (nSPS) is 14.8. The Morgan fingerprint density at radius 1 is 1.09 bits per heavy atom. The van der Waals surface area contributed by atoms with Crippen molar-refractivity contribution in [2.24, 2.45) is 0 Å². The molecular formula is C24H20N2O6S. The third-order valence-corrected chi connectivity index (χ3v) is 5.87. The van der Waals surface area contributed by atoms with Gasteiger partial charge in [0.05, 0.1) is 21.9 Å². The molecule has 1 saturated heterocycles. The SMILES string of the molecule is Cc1cccc(OCCN2C(=O)S/C(=C\c3ccc(-c4ccc(C)cc4[N+](=O)[O-])o3)C2=O)c1. The third-order valence-electron chi connectivity index (χ3n) is 4.96. The number of nitrogens with zero attached hydrogens (tertiary/aromatic N) is 2. The molecule has 0 spiro atoms. The first-order chi connectivity index (χ1) is 15.8. The summed E-state index contributed by atoms with van der Waals surface area (Å²) in [7, 11) is 0. The maximum Gasteiger partial charge on any atom is 0.293 e. The van der Waals surface area contributed by atoms with Crippen molar-refractivity contribution in [2.75, 3.05) is 13.2 Å². The van der Waals surface area contributed by atoms with Crippen molar-refractivity contribution in [2.45, 2.75) is 13.8 Å². The molecule has 0 N–H and O–H groups in total. The second-order valence-electron chi connectivity index (χ2n) is 7.48. The summed E-state index contributed by atoms with van der Waals surface area (Å²) in [6.45, 7) is 4.02. The van der Waals surface area contributed by atoms with Gasteiger partial charge < -0.3 is 9.15 Å². The van der Waals surface area contributed by atoms with Gasteiger partial charge in [0.1, 0.15) is 23.9 Å². The fraction of sp³-hybridized carbons (Fsp3) is 0.167. The Bertz CT molecular complexity index is 1280. The van der Waals surface area contributed by atoms with Crippen LogP contribution >= 0.6 is 11.8 Å². The van der Waals surface area contributed by atoms with Crippen molar-refractivity contribution >= 4 is 34.7 Å². The van der Waals surface area contributed by atoms with Gasteiger partial charge in [0.2, 0.25) is 0 Å². The standard InChI is InChI=1S/C24H20N2O6S/c1-15-4-3-5-17(12-15)31-11-10-25-23(27)22(33-24(25)28)14-18-7-9-21(32-18)19-8-6-16(2)13-20(19)26(29)30/h3-9,12-14H,10-11H2,1-2H3/b22-14-. The van der Waals surface area contributed by atoms with E-state index in [2.05, 4.69) is 0 Å². The molecule has 4 rings (SSSR count). The van der Waals surface area contributed by atoms with Crippen LogP contribution in [0.4, 0.5) is 10.5 Å². The fourth-order valence-corrected chi connectivity index (χ4v) is 4.20. The Hall–Kier alpha value is -3.85. The number of aryl methyl sites for hydroxylation is 2. The second-order valence-corrected chi connectivity index (χ2v) is 8.47. The number of nitro benzene ring substituents is 1. The average Bonchev–Trinajstić information content (AvgIpc) is 3.33. The molecule has 0 radical (unpaired) electrons. The first kappa shape index (κ1) is 22.3. The van der Waals surface area contributed by atoms with Crippen LogP contribution in [0.15, 0.2) is 63.9 Å². The van der Waals surface area contributed by atoms with E-state index in [-0.39, 0.29) is 29.0 Å². The molecule has 1 aromatic heterocycles. The predicted octanol–water partition coefficient (Wildman–Crippen LogP) is 5.59. The Balaban J connectivity index is 1.46. The van der Waals surface area contributed by atoms with E-state index in [1.807, 2.05) is 31.2 Å². The lowest BCUT2D eigenvalue weighted by molar-refractivity contribution is -0.384. The van der Waals surface area contributed by atoms with E-state index in [0.29, 0.717) is 22.8 Å². The molecule has 3 aromatic rings. The molecule has 0 atom stereocenters. The minimum absolute atomic E-state index is 0.0650. The average molecular weight is 464 g/mol. The quantitative estimate of drug-likeness (QED) is 0.255. The molecule has 0 bridgehead atoms. The zero-order chi connectivity index (χ0) is 23.5. The summed E-state index contributed by atoms with van der Waals surface area (Å²) in [5.74, 6) is 0.864. The van der Waals surface area contributed by atoms with Gasteiger partial charge in [0, 0.05) is 12.1 Å². The highest BCUT2D eigenvalue weighted by Gasteiger charge is 2.35. The number of carbonyl (C=O) groups is 2. The van der Waals surface area contributed by atoms with Crippen molar-refractivity contribution in [3.8, 4) is 17.1 Å². The van der Waals surface area contributed by atoms with Gasteiger partial charge in [-0.15, -0.1) is 0 Å². The lowest BCUT2D eigenvalue weighted by atomic mass is 10.1. The van der Waals surface area contributed by atoms with Crippen LogP contribution in [0.5, 0.6) is 5.75 Å². The van der Waals surface area contributed by atoms with Crippen LogP contribution in [0.3, 0.4) is 0 Å². The number of imide groups is 1. The summed E-state index contributed by atoms with van der Waals surface area (Å²) in [6, 6.07) is 15.6. The molecule has 9 heteroatoms. The fourth-order valence-electron chi connectivity index (χ4n) is 3.36. The molecule has 1 aliphatic heterocycles. The van der Waals surface area contributed by atoms with Gasteiger partial charge in [0.25, 0.3) is 16.8 Å². The summed E-state index contributed by atoms with van der Waals surface area (Å²) in [4.78, 5) is 37.3. The van der Waals surface area contributed by atoms with Crippen LogP contribution in [0.25, 0.3) is 17.4 Å². The smallest absolute Gasteiger partial charge is 0.293 e. The van der Waals surface area contributed by atoms with Crippen LogP contribution in [0, 0.1) is 24.0 Å². The number of furan rings is 1. The summed E-state index contributed by atoms with van der Waals surface area (Å²) < 4.78 is 11.4. The van der Waals surface area contributed by atoms with Gasteiger partial charge in [-0.2, -0.15) is 0 Å². The van der Waals surface area contributed by atoms with Crippen molar-refractivity contribution in [3.63, 3.8) is 0 Å². The predicted molar refractivity (Wildman–Crippen MR) is 125 cm³/mol. The van der Waals surface area contributed by atoms with Crippen molar-refractivity contribution in [3.05, 3.63) is 86.5 Å². The van der Waals surface area contributed by atoms with Gasteiger partial charge in [-0.05, 0) is 67.1 Å². The van der Waals surface area contributed by atoms with Crippen LogP contribution in [0.1, 0.15) is 16.9 Å². The molecule has 2 heterocycles. The first-order valence-corrected chi connectivity index (χ1v) is 10.9. The van der Waals surface area contributed by atoms with Crippen molar-refractivity contribution in [1.82, 2.24) is 4.90 Å². The van der Waals surface area contributed by atoms with Gasteiger partial charge in [-0.1, -0.05) is 18.2 Å². The van der Waals surface area contributed by atoms with E-state index in [1.54, 1.807) is 31.2 Å². The lowest BCUT2D eigenvalue weighted by Crippen LogP contribution is -2.32. The van der Waals surface area contributed by atoms with E-state index < -0.39 is 10.8 Å². The number of carbonyl (C=O) groups excluding carboxylic acids is 2. The number of hydrogen-bond acceptors (Lipinski definition) is 7. The molecular weight excluding hydrogens is 444 g/mol. The van der Waals surface area contributed by atoms with Crippen LogP contribution in [-0.4, -0.2) is 34.1 Å². The van der Waals surface area contributed by atoms with Gasteiger partial charge in [-0.3, -0.25) is 24.6 Å². The van der Waals surface area contributed by atoms with Gasteiger partial charge in [0.15, 0.2) is 0 Å². The molecule has 2 aromatic carbocycles. The lowest BCUT2D eigenvalue weighted by Gasteiger charge is -2.13. The molecule has 1 fully saturated rings. The zero-order valence-corrected chi connectivity index (χ0v) is 18.8. The van der Waals surface area contributed by atoms with Crippen LogP contribution in [0.2, 0.25) is 0 Å². The van der Waals surface area contributed by atoms with Gasteiger partial charge >= 0.3 is 0 Å². The number of benzene rings is 2. The van der Waals surface area contributed by atoms with Crippen LogP contribution in [-0.2, 0) is 4.79 Å². The second kappa shape index (κ2) is 9.33. The Kier molecular flexibility index (Phi) is 6.32. The maximum absolute atomic E-state index is 12.7. The number of rotatable bonds is 7. The minimum Gasteiger partial charge on any atom is -0.492 e. The van der Waals surface area contributed by atoms with Gasteiger partial charge in [-0.25, -0.2) is 0 Å². The molecule has 1 aliphatic rings. The van der Waals surface area contributed by atoms with E-state index in [0.717, 1.165) is 27.8 Å². The van der Waals surface area contributed by atoms with E-state index in [4.69, 9.17) is 9.15 Å². The van der Waals surface area contributed by atoms with E-state index in [9.17, 15) is 19.7 Å². The summed E-state index contributed by atoms with van der Waals surface area (Å²) in [5.41, 5.74) is 2.09. The third kappa shape index (κ3) is 4.98. The number of hydrogen-bond donors (Lipinski definition) is 0. The highest BCUT2D eigenvalue weighted by Crippen LogP contribution is 2.35. The van der Waals surface area contributed by atoms with E-state index >= 15 is 0 Å². The number of nitro groups is 1. The molecule has 0 saturated carbocycles. The Labute approximate surface area is 194 Å². The number of amides is 2. The highest BCUT2D eigenvalue weighted by molar-refractivity contribution is 8.18. The number of thioether (sulfide) groups is 1. The molecule has 0 unspecified atom stereocenters. The monoisotopic (exact) mass is 464 g/mol. The summed E-state index contributed by atoms with van der Waals surface area (Å²) in [5, 5.41) is 11.0. The van der Waals surface area contributed by atoms with Crippen molar-refractivity contribution < 1.29 is 23.7 Å².